The van der Waals surface area contributed by atoms with Crippen molar-refractivity contribution in [2.24, 2.45) is 28.9 Å². The summed E-state index contributed by atoms with van der Waals surface area (Å²) < 4.78 is 39.7. The minimum atomic E-state index is -4.41. The summed E-state index contributed by atoms with van der Waals surface area (Å²) in [5.74, 6) is -0.203. The third-order valence-corrected chi connectivity index (χ3v) is 5.31. The number of rotatable bonds is 3. The van der Waals surface area contributed by atoms with E-state index in [0.717, 1.165) is 19.3 Å². The minimum absolute atomic E-state index is 0. The molecule has 3 atom stereocenters. The van der Waals surface area contributed by atoms with E-state index in [-0.39, 0.29) is 42.6 Å². The lowest BCUT2D eigenvalue weighted by molar-refractivity contribution is -0.168. The summed E-state index contributed by atoms with van der Waals surface area (Å²) in [6.45, 7) is 5.26. The number of amides is 1. The molecule has 7 heteroatoms. The molecule has 0 aromatic heterocycles. The number of nitrogens with one attached hydrogen (secondary N) is 1. The maximum Gasteiger partial charge on any atom is 0.408 e. The Hall–Kier alpha value is -0.490. The van der Waals surface area contributed by atoms with Crippen molar-refractivity contribution in [3.63, 3.8) is 0 Å². The monoisotopic (exact) mass is 370 g/mol. The first-order chi connectivity index (χ1) is 10.5. The molecule has 0 aliphatic heterocycles. The first-order valence-corrected chi connectivity index (χ1v) is 8.60. The molecular weight excluding hydrogens is 341 g/mol. The molecule has 0 spiro atoms. The predicted molar refractivity (Wildman–Crippen MR) is 90.8 cm³/mol. The van der Waals surface area contributed by atoms with Gasteiger partial charge in [-0.1, -0.05) is 27.2 Å². The van der Waals surface area contributed by atoms with Crippen LogP contribution in [-0.2, 0) is 4.79 Å². The minimum Gasteiger partial charge on any atom is -0.344 e. The van der Waals surface area contributed by atoms with Crippen LogP contribution in [0.4, 0.5) is 13.2 Å². The molecule has 24 heavy (non-hydrogen) atoms. The zero-order chi connectivity index (χ0) is 17.4. The van der Waals surface area contributed by atoms with Crippen molar-refractivity contribution >= 4 is 18.3 Å². The summed E-state index contributed by atoms with van der Waals surface area (Å²) in [7, 11) is 0. The summed E-state index contributed by atoms with van der Waals surface area (Å²) in [5, 5.41) is 2.28. The van der Waals surface area contributed by atoms with E-state index in [1.54, 1.807) is 20.8 Å². The zero-order valence-corrected chi connectivity index (χ0v) is 15.5. The maximum atomic E-state index is 13.2. The molecule has 0 aromatic rings. The van der Waals surface area contributed by atoms with Crippen LogP contribution in [0.25, 0.3) is 0 Å². The highest BCUT2D eigenvalue weighted by Gasteiger charge is 2.45. The number of hydrogen-bond donors (Lipinski definition) is 2. The molecule has 2 rings (SSSR count). The molecule has 3 N–H and O–H groups in total. The van der Waals surface area contributed by atoms with Crippen LogP contribution in [0.2, 0.25) is 0 Å². The molecule has 2 saturated carbocycles. The molecule has 3 nitrogen and oxygen atoms in total. The Labute approximate surface area is 148 Å². The summed E-state index contributed by atoms with van der Waals surface area (Å²) in [4.78, 5) is 12.4. The molecule has 0 radical (unpaired) electrons. The second-order valence-electron chi connectivity index (χ2n) is 8.56. The lowest BCUT2D eigenvalue weighted by atomic mass is 9.65. The molecule has 2 aliphatic carbocycles. The summed E-state index contributed by atoms with van der Waals surface area (Å²) >= 11 is 0. The molecule has 0 saturated heterocycles. The highest BCUT2D eigenvalue weighted by Crippen LogP contribution is 2.42. The van der Waals surface area contributed by atoms with E-state index in [1.807, 2.05) is 0 Å². The van der Waals surface area contributed by atoms with Gasteiger partial charge in [-0.2, -0.15) is 13.2 Å². The zero-order valence-electron chi connectivity index (χ0n) is 14.7. The number of carbonyl (C=O) groups excluding carboxylic acids is 1. The van der Waals surface area contributed by atoms with E-state index >= 15 is 0 Å². The third-order valence-electron chi connectivity index (χ3n) is 5.31. The van der Waals surface area contributed by atoms with Crippen molar-refractivity contribution in [2.45, 2.75) is 77.6 Å². The van der Waals surface area contributed by atoms with E-state index in [2.05, 4.69) is 5.32 Å². The van der Waals surface area contributed by atoms with Crippen LogP contribution < -0.4 is 11.1 Å². The van der Waals surface area contributed by atoms with E-state index in [1.165, 1.54) is 0 Å². The van der Waals surface area contributed by atoms with Gasteiger partial charge in [-0.25, -0.2) is 0 Å². The Balaban J connectivity index is 0.00000288. The largest absolute Gasteiger partial charge is 0.408 e. The summed E-state index contributed by atoms with van der Waals surface area (Å²) in [5.41, 5.74) is 5.69. The second-order valence-corrected chi connectivity index (χ2v) is 8.56. The fourth-order valence-electron chi connectivity index (χ4n) is 4.15. The maximum absolute atomic E-state index is 13.2. The van der Waals surface area contributed by atoms with Crippen molar-refractivity contribution in [1.82, 2.24) is 5.32 Å². The smallest absolute Gasteiger partial charge is 0.344 e. The number of carbonyl (C=O) groups is 1. The van der Waals surface area contributed by atoms with Gasteiger partial charge in [-0.15, -0.1) is 12.4 Å². The average molecular weight is 371 g/mol. The molecule has 3 unspecified atom stereocenters. The first-order valence-electron chi connectivity index (χ1n) is 8.60. The van der Waals surface area contributed by atoms with Crippen LogP contribution in [0.15, 0.2) is 0 Å². The normalized spacial score (nSPS) is 31.8. The second kappa shape index (κ2) is 7.81. The van der Waals surface area contributed by atoms with Crippen LogP contribution in [0, 0.1) is 23.2 Å². The van der Waals surface area contributed by atoms with E-state index < -0.39 is 23.5 Å². The van der Waals surface area contributed by atoms with E-state index in [4.69, 9.17) is 5.73 Å². The highest BCUT2D eigenvalue weighted by atomic mass is 35.5. The molecule has 2 aliphatic rings. The SMILES string of the molecule is CC(C)(C)CC(NC(=O)C1CC2CCCC(C1)C2N)C(F)(F)F.Cl. The Morgan fingerprint density at radius 2 is 1.67 bits per heavy atom. The van der Waals surface area contributed by atoms with Gasteiger partial charge in [0.2, 0.25) is 5.91 Å². The Morgan fingerprint density at radius 3 is 2.08 bits per heavy atom. The van der Waals surface area contributed by atoms with Crippen molar-refractivity contribution < 1.29 is 18.0 Å². The van der Waals surface area contributed by atoms with Gasteiger partial charge in [0, 0.05) is 12.0 Å². The number of alkyl halides is 3. The number of halogens is 4. The van der Waals surface area contributed by atoms with E-state index in [9.17, 15) is 18.0 Å². The molecule has 2 bridgehead atoms. The average Bonchev–Trinajstić information content (AvgIpc) is 2.34. The predicted octanol–water partition coefficient (Wildman–Crippen LogP) is 4.05. The lowest BCUT2D eigenvalue weighted by Crippen LogP contribution is -2.53. The summed E-state index contributed by atoms with van der Waals surface area (Å²) in [6, 6.07) is -1.66. The Morgan fingerprint density at radius 1 is 1.17 bits per heavy atom. The van der Waals surface area contributed by atoms with Gasteiger partial charge in [-0.05, 0) is 49.4 Å². The first kappa shape index (κ1) is 21.6. The van der Waals surface area contributed by atoms with Crippen molar-refractivity contribution in [3.05, 3.63) is 0 Å². The van der Waals surface area contributed by atoms with Gasteiger partial charge in [0.05, 0.1) is 0 Å². The molecule has 1 amide bonds. The topological polar surface area (TPSA) is 55.1 Å². The van der Waals surface area contributed by atoms with Crippen LogP contribution >= 0.6 is 12.4 Å². The van der Waals surface area contributed by atoms with Crippen molar-refractivity contribution in [1.29, 1.82) is 0 Å². The third kappa shape index (κ3) is 5.51. The summed E-state index contributed by atoms with van der Waals surface area (Å²) in [6.07, 6.45) is -0.163. The van der Waals surface area contributed by atoms with Crippen LogP contribution in [0.5, 0.6) is 0 Å². The molecule has 2 fully saturated rings. The van der Waals surface area contributed by atoms with Crippen LogP contribution in [-0.4, -0.2) is 24.2 Å². The molecule has 0 aromatic carbocycles. The fraction of sp³-hybridized carbons (Fsp3) is 0.941. The van der Waals surface area contributed by atoms with Crippen LogP contribution in [0.1, 0.15) is 59.3 Å². The van der Waals surface area contributed by atoms with Crippen LogP contribution in [0.3, 0.4) is 0 Å². The molecule has 142 valence electrons. The van der Waals surface area contributed by atoms with Gasteiger partial charge in [0.25, 0.3) is 0 Å². The highest BCUT2D eigenvalue weighted by molar-refractivity contribution is 5.85. The Bertz CT molecular complexity index is 423. The van der Waals surface area contributed by atoms with Crippen molar-refractivity contribution in [2.75, 3.05) is 0 Å². The fourth-order valence-corrected chi connectivity index (χ4v) is 4.15. The van der Waals surface area contributed by atoms with E-state index in [0.29, 0.717) is 12.8 Å². The Kier molecular flexibility index (Phi) is 7.02. The lowest BCUT2D eigenvalue weighted by Gasteiger charge is -2.44. The standard InChI is InChI=1S/C17H29F3N2O.ClH/c1-16(2,3)9-13(17(18,19)20)22-15(23)12-7-10-5-4-6-11(8-12)14(10)21;/h10-14H,4-9,21H2,1-3H3,(H,22,23);1H. The van der Waals surface area contributed by atoms with Crippen molar-refractivity contribution in [3.8, 4) is 0 Å². The molecular formula is C17H30ClF3N2O. The number of nitrogens with two attached hydrogens (primary N) is 1. The van der Waals surface area contributed by atoms with Gasteiger partial charge >= 0.3 is 6.18 Å². The number of fused-ring (bicyclic) bond motifs is 2. The number of hydrogen-bond acceptors (Lipinski definition) is 2. The van der Waals surface area contributed by atoms with Gasteiger partial charge in [-0.3, -0.25) is 4.79 Å². The molecule has 0 heterocycles. The quantitative estimate of drug-likeness (QED) is 0.787. The van der Waals surface area contributed by atoms with Gasteiger partial charge in [0.1, 0.15) is 6.04 Å². The van der Waals surface area contributed by atoms with Gasteiger partial charge in [0.15, 0.2) is 0 Å². The van der Waals surface area contributed by atoms with Gasteiger partial charge < -0.3 is 11.1 Å².